The van der Waals surface area contributed by atoms with Crippen LogP contribution in [-0.2, 0) is 0 Å². The first-order chi connectivity index (χ1) is 13.4. The highest BCUT2D eigenvalue weighted by atomic mass is 35.5. The van der Waals surface area contributed by atoms with Crippen molar-refractivity contribution in [2.45, 2.75) is 13.3 Å². The zero-order valence-electron chi connectivity index (χ0n) is 15.9. The highest BCUT2D eigenvalue weighted by molar-refractivity contribution is 7.16. The van der Waals surface area contributed by atoms with E-state index in [1.54, 1.807) is 26.1 Å². The predicted octanol–water partition coefficient (Wildman–Crippen LogP) is 3.67. The van der Waals surface area contributed by atoms with E-state index >= 15 is 0 Å². The number of aryl methyl sites for hydroxylation is 1. The van der Waals surface area contributed by atoms with E-state index in [9.17, 15) is 4.79 Å². The summed E-state index contributed by atoms with van der Waals surface area (Å²) in [6, 6.07) is 5.40. The van der Waals surface area contributed by atoms with Crippen molar-refractivity contribution in [2.24, 2.45) is 10.7 Å². The highest BCUT2D eigenvalue weighted by Crippen LogP contribution is 2.24. The lowest BCUT2D eigenvalue weighted by Crippen LogP contribution is -2.16. The zero-order valence-corrected chi connectivity index (χ0v) is 18.5. The summed E-state index contributed by atoms with van der Waals surface area (Å²) in [4.78, 5) is 22.4. The molecule has 1 aromatic heterocycles. The van der Waals surface area contributed by atoms with Gasteiger partial charge in [0, 0.05) is 38.4 Å². The van der Waals surface area contributed by atoms with Gasteiger partial charge in [0.05, 0.1) is 27.1 Å². The summed E-state index contributed by atoms with van der Waals surface area (Å²) in [6.07, 6.45) is 3.93. The van der Waals surface area contributed by atoms with Crippen LogP contribution in [0.1, 0.15) is 22.5 Å². The van der Waals surface area contributed by atoms with Crippen molar-refractivity contribution < 1.29 is 4.79 Å². The van der Waals surface area contributed by atoms with Crippen LogP contribution in [0, 0.1) is 6.92 Å². The lowest BCUT2D eigenvalue weighted by molar-refractivity contribution is 0.112. The molecule has 4 N–H and O–H groups in total. The van der Waals surface area contributed by atoms with E-state index in [4.69, 9.17) is 28.9 Å². The largest absolute Gasteiger partial charge is 0.387 e. The van der Waals surface area contributed by atoms with E-state index in [1.165, 1.54) is 6.20 Å². The Kier molecular flexibility index (Phi) is 11.4. The average Bonchev–Trinajstić information content (AvgIpc) is 2.69. The Balaban J connectivity index is 0.000000283. The van der Waals surface area contributed by atoms with Crippen molar-refractivity contribution in [3.8, 4) is 0 Å². The molecule has 0 saturated heterocycles. The summed E-state index contributed by atoms with van der Waals surface area (Å²) >= 11 is 11.7. The Morgan fingerprint density at radius 3 is 2.61 bits per heavy atom. The van der Waals surface area contributed by atoms with Crippen LogP contribution < -0.4 is 16.4 Å². The molecule has 0 aliphatic carbocycles. The number of nitrogens with two attached hydrogens (primary N) is 1. The minimum atomic E-state index is 0.538. The lowest BCUT2D eigenvalue weighted by Gasteiger charge is -2.06. The van der Waals surface area contributed by atoms with Crippen LogP contribution in [0.3, 0.4) is 0 Å². The second-order valence-corrected chi connectivity index (χ2v) is 6.98. The molecule has 10 heteroatoms. The second-order valence-electron chi connectivity index (χ2n) is 5.59. The molecule has 1 unspecified atom stereocenters. The first-order valence-corrected chi connectivity index (χ1v) is 10.1. The molecule has 2 aromatic rings. The predicted molar refractivity (Wildman–Crippen MR) is 122 cm³/mol. The van der Waals surface area contributed by atoms with Gasteiger partial charge < -0.3 is 16.4 Å². The Morgan fingerprint density at radius 2 is 2.04 bits per heavy atom. The number of carbonyl (C=O) groups excluding carboxylic acids is 1. The van der Waals surface area contributed by atoms with Gasteiger partial charge in [-0.25, -0.2) is 9.97 Å². The number of nitrogens with zero attached hydrogens (tertiary/aromatic N) is 3. The van der Waals surface area contributed by atoms with Gasteiger partial charge >= 0.3 is 0 Å². The van der Waals surface area contributed by atoms with Crippen LogP contribution in [0.4, 0.5) is 11.6 Å². The molecule has 0 aliphatic rings. The second kappa shape index (κ2) is 13.3. The van der Waals surface area contributed by atoms with Gasteiger partial charge in [0.15, 0.2) is 6.29 Å². The first-order valence-electron chi connectivity index (χ1n) is 8.54. The number of aliphatic imine (C=N–C) groups is 1. The van der Waals surface area contributed by atoms with Crippen LogP contribution in [-0.4, -0.2) is 48.4 Å². The maximum absolute atomic E-state index is 10.4. The third kappa shape index (κ3) is 8.83. The molecule has 1 aromatic carbocycles. The number of hydrogen-bond acceptors (Lipinski definition) is 6. The Hall–Kier alpha value is -1.95. The smallest absolute Gasteiger partial charge is 0.222 e. The third-order valence-corrected chi connectivity index (χ3v) is 4.52. The Labute approximate surface area is 177 Å². The van der Waals surface area contributed by atoms with Crippen molar-refractivity contribution in [1.82, 2.24) is 9.97 Å². The standard InChI is InChI=1S/C10H13Cl2N3.C8H12N3OP/c1-14-10(13)4-5-15-7-2-3-8(11)9(12)6-7;1-6-7(5-12)4-10-8(11-6)9-2-3-13/h2-3,6,15H,4-5H2,1H3,(H2,13,14);4-5H,2-3,13H2,1H3,(H,9,10,11). The molecule has 152 valence electrons. The summed E-state index contributed by atoms with van der Waals surface area (Å²) in [6.45, 7) is 3.32. The van der Waals surface area contributed by atoms with E-state index in [1.807, 2.05) is 6.07 Å². The van der Waals surface area contributed by atoms with Gasteiger partial charge in [-0.05, 0) is 31.3 Å². The van der Waals surface area contributed by atoms with Gasteiger partial charge in [-0.2, -0.15) is 0 Å². The van der Waals surface area contributed by atoms with Gasteiger partial charge in [0.25, 0.3) is 0 Å². The number of halogens is 2. The monoisotopic (exact) mass is 442 g/mol. The Bertz CT molecular complexity index is 804. The number of benzene rings is 1. The van der Waals surface area contributed by atoms with Crippen LogP contribution in [0.25, 0.3) is 0 Å². The number of rotatable bonds is 8. The van der Waals surface area contributed by atoms with Gasteiger partial charge in [-0.1, -0.05) is 23.2 Å². The summed E-state index contributed by atoms with van der Waals surface area (Å²) in [5.41, 5.74) is 7.72. The molecule has 0 spiro atoms. The molecule has 7 nitrogen and oxygen atoms in total. The molecule has 0 bridgehead atoms. The summed E-state index contributed by atoms with van der Waals surface area (Å²) in [5, 5.41) is 7.29. The topological polar surface area (TPSA) is 105 Å². The quantitative estimate of drug-likeness (QED) is 0.249. The van der Waals surface area contributed by atoms with Gasteiger partial charge in [-0.3, -0.25) is 9.79 Å². The summed E-state index contributed by atoms with van der Waals surface area (Å²) in [7, 11) is 4.28. The molecule has 0 saturated carbocycles. The summed E-state index contributed by atoms with van der Waals surface area (Å²) in [5.74, 6) is 1.20. The van der Waals surface area contributed by atoms with Crippen LogP contribution in [0.15, 0.2) is 29.4 Å². The number of aromatic nitrogens is 2. The van der Waals surface area contributed by atoms with Crippen molar-refractivity contribution in [3.05, 3.63) is 45.7 Å². The first kappa shape index (κ1) is 24.1. The van der Waals surface area contributed by atoms with E-state index in [0.29, 0.717) is 39.5 Å². The fourth-order valence-electron chi connectivity index (χ4n) is 1.91. The highest BCUT2D eigenvalue weighted by Gasteiger charge is 2.01. The van der Waals surface area contributed by atoms with Gasteiger partial charge in [0.2, 0.25) is 5.95 Å². The van der Waals surface area contributed by atoms with E-state index < -0.39 is 0 Å². The summed E-state index contributed by atoms with van der Waals surface area (Å²) < 4.78 is 0. The van der Waals surface area contributed by atoms with Crippen LogP contribution >= 0.6 is 32.4 Å². The number of anilines is 2. The van der Waals surface area contributed by atoms with Crippen LogP contribution in [0.2, 0.25) is 10.0 Å². The normalized spacial score (nSPS) is 10.7. The molecule has 0 radical (unpaired) electrons. The maximum Gasteiger partial charge on any atom is 0.222 e. The zero-order chi connectivity index (χ0) is 20.9. The minimum Gasteiger partial charge on any atom is -0.387 e. The average molecular weight is 443 g/mol. The van der Waals surface area contributed by atoms with E-state index in [2.05, 4.69) is 34.8 Å². The number of nitrogens with one attached hydrogen (secondary N) is 2. The fourth-order valence-corrected chi connectivity index (χ4v) is 2.36. The van der Waals surface area contributed by atoms with Gasteiger partial charge in [-0.15, -0.1) is 9.24 Å². The number of amidine groups is 1. The molecule has 0 fully saturated rings. The SMILES string of the molecule is CN=C(N)CCNc1ccc(Cl)c(Cl)c1.Cc1nc(NCCP)ncc1C=O. The number of hydrogen-bond donors (Lipinski definition) is 3. The van der Waals surface area contributed by atoms with E-state index in [0.717, 1.165) is 31.2 Å². The fraction of sp³-hybridized carbons (Fsp3) is 0.333. The Morgan fingerprint density at radius 1 is 1.29 bits per heavy atom. The number of aldehydes is 1. The third-order valence-electron chi connectivity index (χ3n) is 3.49. The number of carbonyl (C=O) groups is 1. The molecular weight excluding hydrogens is 418 g/mol. The van der Waals surface area contributed by atoms with Crippen molar-refractivity contribution in [3.63, 3.8) is 0 Å². The molecule has 0 aliphatic heterocycles. The van der Waals surface area contributed by atoms with Crippen molar-refractivity contribution in [2.75, 3.05) is 36.9 Å². The molecule has 2 rings (SSSR count). The molecule has 1 atom stereocenters. The molecule has 1 heterocycles. The molecule has 28 heavy (non-hydrogen) atoms. The van der Waals surface area contributed by atoms with Crippen molar-refractivity contribution >= 4 is 56.2 Å². The molecular formula is C18H25Cl2N6OP. The minimum absolute atomic E-state index is 0.538. The molecule has 0 amide bonds. The maximum atomic E-state index is 10.4. The van der Waals surface area contributed by atoms with Crippen LogP contribution in [0.5, 0.6) is 0 Å². The van der Waals surface area contributed by atoms with E-state index in [-0.39, 0.29) is 0 Å². The lowest BCUT2D eigenvalue weighted by atomic mass is 10.3. The van der Waals surface area contributed by atoms with Gasteiger partial charge in [0.1, 0.15) is 0 Å². The van der Waals surface area contributed by atoms with Crippen molar-refractivity contribution in [1.29, 1.82) is 0 Å².